The van der Waals surface area contributed by atoms with Crippen molar-refractivity contribution in [3.8, 4) is 50.9 Å². The Kier molecular flexibility index (Phi) is 9.26. The Balaban J connectivity index is 1.11. The number of ether oxygens (including phenoxy) is 2. The van der Waals surface area contributed by atoms with E-state index in [9.17, 15) is 0 Å². The fourth-order valence-corrected chi connectivity index (χ4v) is 12.3. The maximum atomic E-state index is 15.9. The second-order valence-corrected chi connectivity index (χ2v) is 21.5. The van der Waals surface area contributed by atoms with Gasteiger partial charge in [-0.25, -0.2) is 0 Å². The van der Waals surface area contributed by atoms with Crippen LogP contribution in [0.4, 0.5) is 0 Å². The first-order valence-corrected chi connectivity index (χ1v) is 23.9. The third-order valence-electron chi connectivity index (χ3n) is 13.3. The van der Waals surface area contributed by atoms with E-state index >= 15 is 4.57 Å². The molecule has 0 amide bonds. The molecule has 7 heteroatoms. The summed E-state index contributed by atoms with van der Waals surface area (Å²) in [5.41, 5.74) is 12.8. The van der Waals surface area contributed by atoms with Crippen LogP contribution < -0.4 is 24.6 Å². The molecule has 65 heavy (non-hydrogen) atoms. The van der Waals surface area contributed by atoms with Gasteiger partial charge in [-0.15, -0.1) is 0 Å². The van der Waals surface area contributed by atoms with E-state index in [1.54, 1.807) is 14.2 Å². The van der Waals surface area contributed by atoms with E-state index in [0.29, 0.717) is 27.9 Å². The molecule has 322 valence electrons. The predicted molar refractivity (Wildman–Crippen MR) is 270 cm³/mol. The molecule has 8 aromatic carbocycles. The van der Waals surface area contributed by atoms with Crippen LogP contribution in [0.3, 0.4) is 0 Å². The summed E-state index contributed by atoms with van der Waals surface area (Å²) in [6, 6.07) is 57.1. The molecule has 0 fully saturated rings. The van der Waals surface area contributed by atoms with Crippen LogP contribution in [0.25, 0.3) is 77.2 Å². The number of benzene rings is 8. The predicted octanol–water partition coefficient (Wildman–Crippen LogP) is 14.4. The van der Waals surface area contributed by atoms with Crippen LogP contribution in [-0.2, 0) is 15.4 Å². The molecular formula is C58H51N2O4P. The van der Waals surface area contributed by atoms with Gasteiger partial charge < -0.3 is 23.1 Å². The standard InChI is InChI=1S/C58H51N2O4P/c1-57(2,3)38-25-30-47-44(33-38)45-34-39(58(4,5)6)26-31-48(45)59(47)41-27-22-36(23-28-41)37-24-29-49-46(32-37)54-55(60(49)40-16-10-9-11-17-40)51(62-7)35-53(56(54)63-8)65(61)52-21-15-13-19-43(52)42-18-12-14-20-50(42)64-65/h9-35H,1-8H3. The van der Waals surface area contributed by atoms with Crippen LogP contribution in [0.5, 0.6) is 17.2 Å². The van der Waals surface area contributed by atoms with Crippen LogP contribution in [-0.4, -0.2) is 23.4 Å². The summed E-state index contributed by atoms with van der Waals surface area (Å²) >= 11 is 0. The zero-order valence-corrected chi connectivity index (χ0v) is 39.0. The summed E-state index contributed by atoms with van der Waals surface area (Å²) in [4.78, 5) is 0. The first-order chi connectivity index (χ1) is 31.3. The average molecular weight is 871 g/mol. The lowest BCUT2D eigenvalue weighted by Crippen LogP contribution is -2.26. The molecular weight excluding hydrogens is 820 g/mol. The summed E-state index contributed by atoms with van der Waals surface area (Å²) in [5, 5.41) is 5.33. The molecule has 11 rings (SSSR count). The molecule has 1 aliphatic rings. The van der Waals surface area contributed by atoms with Crippen LogP contribution >= 0.6 is 7.37 Å². The highest BCUT2D eigenvalue weighted by Crippen LogP contribution is 2.57. The van der Waals surface area contributed by atoms with Gasteiger partial charge in [0.2, 0.25) is 0 Å². The van der Waals surface area contributed by atoms with E-state index in [1.165, 1.54) is 32.9 Å². The first kappa shape index (κ1) is 40.7. The largest absolute Gasteiger partial charge is 0.495 e. The SMILES string of the molecule is COc1c(P2(=O)Oc3ccccc3-c3ccccc32)cc(OC)c2c1c1cc(-c3ccc(-n4c5ccc(C(C)(C)C)cc5c5cc(C(C)(C)C)ccc54)cc3)ccc1n2-c1ccccc1. The zero-order valence-electron chi connectivity index (χ0n) is 38.1. The number of rotatable bonds is 6. The van der Waals surface area contributed by atoms with Gasteiger partial charge in [0.1, 0.15) is 22.8 Å². The van der Waals surface area contributed by atoms with Gasteiger partial charge in [-0.2, -0.15) is 0 Å². The van der Waals surface area contributed by atoms with Gasteiger partial charge in [-0.1, -0.05) is 126 Å². The molecule has 0 N–H and O–H groups in total. The molecule has 0 spiro atoms. The lowest BCUT2D eigenvalue weighted by atomic mass is 9.85. The minimum absolute atomic E-state index is 0.0242. The molecule has 1 atom stereocenters. The van der Waals surface area contributed by atoms with Crippen molar-refractivity contribution in [1.29, 1.82) is 0 Å². The van der Waals surface area contributed by atoms with Crippen molar-refractivity contribution < 1.29 is 18.6 Å². The quantitative estimate of drug-likeness (QED) is 0.156. The fraction of sp³-hybridized carbons (Fsp3) is 0.172. The van der Waals surface area contributed by atoms with Gasteiger partial charge in [0.15, 0.2) is 0 Å². The zero-order chi connectivity index (χ0) is 45.0. The number of aromatic nitrogens is 2. The van der Waals surface area contributed by atoms with Crippen molar-refractivity contribution in [2.24, 2.45) is 0 Å². The van der Waals surface area contributed by atoms with Crippen LogP contribution in [0.2, 0.25) is 0 Å². The Morgan fingerprint density at radius 2 is 1.05 bits per heavy atom. The highest BCUT2D eigenvalue weighted by atomic mass is 31.2. The fourth-order valence-electron chi connectivity index (χ4n) is 9.88. The van der Waals surface area contributed by atoms with Gasteiger partial charge >= 0.3 is 7.37 Å². The summed E-state index contributed by atoms with van der Waals surface area (Å²) in [5.74, 6) is 1.62. The smallest absolute Gasteiger partial charge is 0.311 e. The molecule has 1 aliphatic heterocycles. The minimum Gasteiger partial charge on any atom is -0.495 e. The third-order valence-corrected chi connectivity index (χ3v) is 15.7. The Hall–Kier alpha value is -7.01. The molecule has 1 unspecified atom stereocenters. The second-order valence-electron chi connectivity index (χ2n) is 19.3. The topological polar surface area (TPSA) is 54.6 Å². The van der Waals surface area contributed by atoms with E-state index in [-0.39, 0.29) is 10.8 Å². The highest BCUT2D eigenvalue weighted by Gasteiger charge is 2.42. The van der Waals surface area contributed by atoms with Crippen LogP contribution in [0.15, 0.2) is 164 Å². The van der Waals surface area contributed by atoms with Crippen molar-refractivity contribution in [3.63, 3.8) is 0 Å². The maximum absolute atomic E-state index is 15.9. The normalized spacial score (nSPS) is 15.0. The van der Waals surface area contributed by atoms with Crippen molar-refractivity contribution in [2.45, 2.75) is 52.4 Å². The minimum atomic E-state index is -3.80. The van der Waals surface area contributed by atoms with Gasteiger partial charge in [-0.05, 0) is 111 Å². The van der Waals surface area contributed by atoms with Gasteiger partial charge in [0.05, 0.1) is 46.8 Å². The van der Waals surface area contributed by atoms with Crippen molar-refractivity contribution >= 4 is 61.6 Å². The number of methoxy groups -OCH3 is 2. The van der Waals surface area contributed by atoms with Crippen LogP contribution in [0, 0.1) is 0 Å². The van der Waals surface area contributed by atoms with Crippen molar-refractivity contribution in [3.05, 3.63) is 175 Å². The number of hydrogen-bond acceptors (Lipinski definition) is 4. The Morgan fingerprint density at radius 3 is 1.68 bits per heavy atom. The lowest BCUT2D eigenvalue weighted by molar-refractivity contribution is 0.411. The van der Waals surface area contributed by atoms with E-state index in [0.717, 1.165) is 55.4 Å². The molecule has 2 aromatic heterocycles. The first-order valence-electron chi connectivity index (χ1n) is 22.3. The molecule has 6 nitrogen and oxygen atoms in total. The summed E-state index contributed by atoms with van der Waals surface area (Å²) in [7, 11) is -0.488. The number of nitrogens with zero attached hydrogens (tertiary/aromatic N) is 2. The molecule has 0 saturated carbocycles. The van der Waals surface area contributed by atoms with E-state index in [2.05, 4.69) is 142 Å². The number of hydrogen-bond donors (Lipinski definition) is 0. The Bertz CT molecular complexity index is 3510. The molecule has 0 aliphatic carbocycles. The van der Waals surface area contributed by atoms with E-state index < -0.39 is 7.37 Å². The van der Waals surface area contributed by atoms with E-state index in [4.69, 9.17) is 14.0 Å². The summed E-state index contributed by atoms with van der Waals surface area (Å²) < 4.78 is 39.8. The second kappa shape index (κ2) is 14.8. The molecule has 0 bridgehead atoms. The highest BCUT2D eigenvalue weighted by molar-refractivity contribution is 7.75. The molecule has 0 radical (unpaired) electrons. The Morgan fingerprint density at radius 1 is 0.492 bits per heavy atom. The lowest BCUT2D eigenvalue weighted by Gasteiger charge is -2.30. The van der Waals surface area contributed by atoms with Gasteiger partial charge in [0, 0.05) is 39.2 Å². The molecule has 10 aromatic rings. The number of fused-ring (bicyclic) bond motifs is 9. The molecule has 3 heterocycles. The van der Waals surface area contributed by atoms with Crippen LogP contribution in [0.1, 0.15) is 52.7 Å². The summed E-state index contributed by atoms with van der Waals surface area (Å²) in [6.45, 7) is 13.7. The number of para-hydroxylation sites is 2. The third kappa shape index (κ3) is 6.33. The summed E-state index contributed by atoms with van der Waals surface area (Å²) in [6.07, 6.45) is 0. The van der Waals surface area contributed by atoms with Crippen molar-refractivity contribution in [2.75, 3.05) is 14.2 Å². The maximum Gasteiger partial charge on any atom is 0.311 e. The average Bonchev–Trinajstić information content (AvgIpc) is 3.83. The monoisotopic (exact) mass is 870 g/mol. The van der Waals surface area contributed by atoms with E-state index in [1.807, 2.05) is 72.8 Å². The van der Waals surface area contributed by atoms with Gasteiger partial charge in [-0.3, -0.25) is 4.57 Å². The van der Waals surface area contributed by atoms with Gasteiger partial charge in [0.25, 0.3) is 0 Å². The Labute approximate surface area is 380 Å². The van der Waals surface area contributed by atoms with Crippen molar-refractivity contribution in [1.82, 2.24) is 9.13 Å². The molecule has 0 saturated heterocycles.